The second-order valence-corrected chi connectivity index (χ2v) is 9.68. The predicted octanol–water partition coefficient (Wildman–Crippen LogP) is 6.50. The van der Waals surface area contributed by atoms with Crippen LogP contribution in [0.1, 0.15) is 34.9 Å². The van der Waals surface area contributed by atoms with Gasteiger partial charge in [0.2, 0.25) is 5.82 Å². The molecule has 1 aliphatic heterocycles. The minimum absolute atomic E-state index is 0.141. The lowest BCUT2D eigenvalue weighted by Gasteiger charge is -2.35. The van der Waals surface area contributed by atoms with Crippen molar-refractivity contribution in [3.8, 4) is 11.4 Å². The number of aromatic nitrogens is 2. The van der Waals surface area contributed by atoms with Crippen LogP contribution in [0.2, 0.25) is 5.02 Å². The highest BCUT2D eigenvalue weighted by Crippen LogP contribution is 2.37. The number of nitrogens with one attached hydrogen (secondary N) is 1. The fourth-order valence-electron chi connectivity index (χ4n) is 4.09. The average molecular weight is 491 g/mol. The molecule has 1 atom stereocenters. The first kappa shape index (κ1) is 22.4. The molecule has 0 bridgehead atoms. The van der Waals surface area contributed by atoms with Crippen molar-refractivity contribution >= 4 is 34.5 Å². The Bertz CT molecular complexity index is 1350. The molecule has 0 spiro atoms. The molecule has 34 heavy (non-hydrogen) atoms. The lowest BCUT2D eigenvalue weighted by molar-refractivity contribution is 0.205. The number of allylic oxidation sites excluding steroid dienone is 1. The molecule has 8 heteroatoms. The molecule has 2 amide bonds. The second-order valence-electron chi connectivity index (χ2n) is 8.21. The van der Waals surface area contributed by atoms with Crippen molar-refractivity contribution < 1.29 is 9.32 Å². The van der Waals surface area contributed by atoms with Crippen LogP contribution < -0.4 is 5.32 Å². The number of thiophene rings is 1. The number of hydrogen-bond acceptors (Lipinski definition) is 5. The summed E-state index contributed by atoms with van der Waals surface area (Å²) in [7, 11) is 0. The maximum atomic E-state index is 13.2. The van der Waals surface area contributed by atoms with E-state index in [-0.39, 0.29) is 6.03 Å². The Labute approximate surface area is 206 Å². The Morgan fingerprint density at radius 2 is 1.94 bits per heavy atom. The molecule has 4 aromatic rings. The average Bonchev–Trinajstić information content (AvgIpc) is 3.52. The molecule has 0 aliphatic carbocycles. The molecule has 2 aromatic carbocycles. The highest BCUT2D eigenvalue weighted by atomic mass is 35.5. The summed E-state index contributed by atoms with van der Waals surface area (Å²) in [6.07, 6.45) is 0.766. The van der Waals surface area contributed by atoms with E-state index in [2.05, 4.69) is 21.5 Å². The number of urea groups is 1. The van der Waals surface area contributed by atoms with Gasteiger partial charge in [-0.15, -0.1) is 11.3 Å². The third kappa shape index (κ3) is 4.49. The van der Waals surface area contributed by atoms with Crippen LogP contribution >= 0.6 is 22.9 Å². The molecule has 0 fully saturated rings. The van der Waals surface area contributed by atoms with Gasteiger partial charge in [-0.2, -0.15) is 4.98 Å². The van der Waals surface area contributed by atoms with Gasteiger partial charge in [0.1, 0.15) is 0 Å². The molecule has 0 radical (unpaired) electrons. The summed E-state index contributed by atoms with van der Waals surface area (Å²) in [5.41, 5.74) is 4.45. The van der Waals surface area contributed by atoms with Gasteiger partial charge in [-0.1, -0.05) is 64.8 Å². The number of amides is 2. The molecule has 3 heterocycles. The van der Waals surface area contributed by atoms with Gasteiger partial charge in [0.25, 0.3) is 5.89 Å². The Morgan fingerprint density at radius 3 is 2.68 bits per heavy atom. The van der Waals surface area contributed by atoms with E-state index in [9.17, 15) is 4.79 Å². The number of benzene rings is 2. The van der Waals surface area contributed by atoms with Crippen LogP contribution in [0, 0.1) is 6.92 Å². The monoisotopic (exact) mass is 490 g/mol. The predicted molar refractivity (Wildman–Crippen MR) is 135 cm³/mol. The highest BCUT2D eigenvalue weighted by molar-refractivity contribution is 7.09. The van der Waals surface area contributed by atoms with Gasteiger partial charge in [0.15, 0.2) is 0 Å². The third-order valence-electron chi connectivity index (χ3n) is 5.91. The minimum Gasteiger partial charge on any atom is -0.334 e. The van der Waals surface area contributed by atoms with Crippen molar-refractivity contribution in [3.63, 3.8) is 0 Å². The lowest BCUT2D eigenvalue weighted by Crippen LogP contribution is -2.46. The van der Waals surface area contributed by atoms with Crippen molar-refractivity contribution in [1.82, 2.24) is 20.4 Å². The van der Waals surface area contributed by atoms with Gasteiger partial charge >= 0.3 is 6.03 Å². The van der Waals surface area contributed by atoms with Crippen molar-refractivity contribution in [2.75, 3.05) is 6.54 Å². The van der Waals surface area contributed by atoms with Gasteiger partial charge in [0.05, 0.1) is 11.6 Å². The fraction of sp³-hybridized carbons (Fsp3) is 0.192. The largest absolute Gasteiger partial charge is 0.334 e. The van der Waals surface area contributed by atoms with E-state index in [0.717, 1.165) is 34.4 Å². The van der Waals surface area contributed by atoms with Crippen LogP contribution in [0.4, 0.5) is 4.79 Å². The topological polar surface area (TPSA) is 71.3 Å². The number of aryl methyl sites for hydroxylation is 1. The normalized spacial score (nSPS) is 16.1. The molecule has 2 aromatic heterocycles. The van der Waals surface area contributed by atoms with E-state index in [0.29, 0.717) is 23.3 Å². The van der Waals surface area contributed by atoms with Crippen LogP contribution in [0.25, 0.3) is 17.0 Å². The number of carbonyl (C=O) groups is 1. The minimum atomic E-state index is -0.404. The first-order valence-electron chi connectivity index (χ1n) is 11.0. The molecule has 6 nitrogen and oxygen atoms in total. The van der Waals surface area contributed by atoms with E-state index < -0.39 is 6.04 Å². The zero-order valence-corrected chi connectivity index (χ0v) is 20.4. The summed E-state index contributed by atoms with van der Waals surface area (Å²) in [6.45, 7) is 4.53. The van der Waals surface area contributed by atoms with E-state index in [4.69, 9.17) is 16.1 Å². The zero-order valence-electron chi connectivity index (χ0n) is 18.8. The first-order valence-corrected chi connectivity index (χ1v) is 12.2. The van der Waals surface area contributed by atoms with Crippen molar-refractivity contribution in [3.05, 3.63) is 98.7 Å². The number of rotatable bonds is 6. The Kier molecular flexibility index (Phi) is 6.22. The molecule has 5 rings (SSSR count). The van der Waals surface area contributed by atoms with Gasteiger partial charge < -0.3 is 9.84 Å². The quantitative estimate of drug-likeness (QED) is 0.335. The summed E-state index contributed by atoms with van der Waals surface area (Å²) < 4.78 is 5.74. The number of hydrogen-bond donors (Lipinski definition) is 1. The lowest BCUT2D eigenvalue weighted by atomic mass is 9.94. The SMILES string of the molecule is CC1=C(c2nc(-c3cccc(Cl)c3)no2)C(c2ccc(C)cc2)NC(=O)N1CCc1cccs1. The summed E-state index contributed by atoms with van der Waals surface area (Å²) >= 11 is 7.84. The number of halogens is 1. The van der Waals surface area contributed by atoms with Crippen LogP contribution in [0.3, 0.4) is 0 Å². The van der Waals surface area contributed by atoms with Crippen LogP contribution in [0.15, 0.2) is 76.3 Å². The Morgan fingerprint density at radius 1 is 1.12 bits per heavy atom. The molecule has 1 unspecified atom stereocenters. The molecule has 1 N–H and O–H groups in total. The Balaban J connectivity index is 1.56. The molecule has 172 valence electrons. The van der Waals surface area contributed by atoms with E-state index in [1.165, 1.54) is 4.88 Å². The molecular formula is C26H23ClN4O2S. The molecular weight excluding hydrogens is 468 g/mol. The summed E-state index contributed by atoms with van der Waals surface area (Å²) in [5, 5.41) is 10.00. The van der Waals surface area contributed by atoms with E-state index in [1.54, 1.807) is 28.4 Å². The molecule has 0 saturated heterocycles. The Hall–Kier alpha value is -3.42. The third-order valence-corrected chi connectivity index (χ3v) is 7.08. The summed E-state index contributed by atoms with van der Waals surface area (Å²) in [6, 6.07) is 19.0. The zero-order chi connectivity index (χ0) is 23.7. The van der Waals surface area contributed by atoms with Crippen molar-refractivity contribution in [2.45, 2.75) is 26.3 Å². The molecule has 1 aliphatic rings. The van der Waals surface area contributed by atoms with Gasteiger partial charge in [-0.05, 0) is 49.4 Å². The molecule has 0 saturated carbocycles. The van der Waals surface area contributed by atoms with Crippen LogP contribution in [0.5, 0.6) is 0 Å². The maximum Gasteiger partial charge on any atom is 0.322 e. The van der Waals surface area contributed by atoms with E-state index >= 15 is 0 Å². The highest BCUT2D eigenvalue weighted by Gasteiger charge is 2.35. The first-order chi connectivity index (χ1) is 16.5. The fourth-order valence-corrected chi connectivity index (χ4v) is 4.98. The van der Waals surface area contributed by atoms with E-state index in [1.807, 2.05) is 61.7 Å². The number of nitrogens with zero attached hydrogens (tertiary/aromatic N) is 3. The van der Waals surface area contributed by atoms with Gasteiger partial charge in [-0.25, -0.2) is 4.79 Å². The van der Waals surface area contributed by atoms with Gasteiger partial charge in [-0.3, -0.25) is 4.90 Å². The summed E-state index contributed by atoms with van der Waals surface area (Å²) in [5.74, 6) is 0.821. The van der Waals surface area contributed by atoms with Gasteiger partial charge in [0, 0.05) is 27.7 Å². The number of carbonyl (C=O) groups excluding carboxylic acids is 1. The van der Waals surface area contributed by atoms with Crippen molar-refractivity contribution in [2.24, 2.45) is 0 Å². The standard InChI is InChI=1S/C26H23ClN4O2S/c1-16-8-10-18(11-9-16)23-22(25-29-24(30-33-25)19-5-3-6-20(27)15-19)17(2)31(26(32)28-23)13-12-21-7-4-14-34-21/h3-11,14-15,23H,12-13H2,1-2H3,(H,28,32). The second kappa shape index (κ2) is 9.44. The van der Waals surface area contributed by atoms with Crippen molar-refractivity contribution in [1.29, 1.82) is 0 Å². The van der Waals surface area contributed by atoms with Crippen LogP contribution in [-0.4, -0.2) is 27.6 Å². The summed E-state index contributed by atoms with van der Waals surface area (Å²) in [4.78, 5) is 20.8. The smallest absolute Gasteiger partial charge is 0.322 e. The maximum absolute atomic E-state index is 13.2. The van der Waals surface area contributed by atoms with Crippen LogP contribution in [-0.2, 0) is 6.42 Å².